The van der Waals surface area contributed by atoms with Crippen LogP contribution in [0.4, 0.5) is 0 Å². The van der Waals surface area contributed by atoms with Crippen molar-refractivity contribution in [3.05, 3.63) is 11.9 Å². The molecule has 1 fully saturated rings. The maximum absolute atomic E-state index is 10.8. The lowest BCUT2D eigenvalue weighted by Crippen LogP contribution is -2.27. The van der Waals surface area contributed by atoms with Gasteiger partial charge in [0.15, 0.2) is 0 Å². The lowest BCUT2D eigenvalue weighted by atomic mass is 9.81. The third kappa shape index (κ3) is 5.77. The molecule has 0 saturated carbocycles. The van der Waals surface area contributed by atoms with E-state index in [-0.39, 0.29) is 11.9 Å². The van der Waals surface area contributed by atoms with Gasteiger partial charge in [0.05, 0.1) is 6.10 Å². The molecule has 0 bridgehead atoms. The molecule has 1 saturated heterocycles. The van der Waals surface area contributed by atoms with Crippen molar-refractivity contribution in [2.75, 3.05) is 13.6 Å². The van der Waals surface area contributed by atoms with Crippen LogP contribution in [-0.2, 0) is 9.30 Å². The second-order valence-corrected chi connectivity index (χ2v) is 6.47. The van der Waals surface area contributed by atoms with Crippen LogP contribution in [0.2, 0.25) is 0 Å². The summed E-state index contributed by atoms with van der Waals surface area (Å²) in [6.45, 7) is 0.944. The fourth-order valence-electron chi connectivity index (χ4n) is 2.39. The predicted octanol–water partition coefficient (Wildman–Crippen LogP) is -0.597. The fourth-order valence-corrected chi connectivity index (χ4v) is 2.79. The van der Waals surface area contributed by atoms with Gasteiger partial charge in [-0.3, -0.25) is 4.57 Å². The molecule has 19 heavy (non-hydrogen) atoms. The Morgan fingerprint density at radius 2 is 2.11 bits per heavy atom. The van der Waals surface area contributed by atoms with E-state index in [1.54, 1.807) is 0 Å². The van der Waals surface area contributed by atoms with Gasteiger partial charge in [0.2, 0.25) is 0 Å². The Morgan fingerprint density at radius 1 is 1.42 bits per heavy atom. The van der Waals surface area contributed by atoms with Crippen LogP contribution in [0.25, 0.3) is 0 Å². The van der Waals surface area contributed by atoms with Crippen molar-refractivity contribution in [1.29, 1.82) is 0 Å². The van der Waals surface area contributed by atoms with E-state index in [4.69, 9.17) is 14.5 Å². The van der Waals surface area contributed by atoms with Gasteiger partial charge in [0.1, 0.15) is 14.0 Å². The summed E-state index contributed by atoms with van der Waals surface area (Å²) < 4.78 is 16.3. The average molecular weight is 291 g/mol. The lowest BCUT2D eigenvalue weighted by molar-refractivity contribution is 0.0628. The topological polar surface area (TPSA) is 99.0 Å². The summed E-state index contributed by atoms with van der Waals surface area (Å²) in [4.78, 5) is 17.6. The highest BCUT2D eigenvalue weighted by Crippen LogP contribution is 2.38. The molecule has 4 atom stereocenters. The van der Waals surface area contributed by atoms with E-state index in [1.807, 2.05) is 14.9 Å². The molecule has 110 valence electrons. The number of ether oxygens (including phenoxy) is 1. The molecule has 0 aromatic carbocycles. The van der Waals surface area contributed by atoms with E-state index in [0.29, 0.717) is 0 Å². The first kappa shape index (κ1) is 16.9. The van der Waals surface area contributed by atoms with Gasteiger partial charge in [-0.05, 0) is 32.5 Å². The van der Waals surface area contributed by atoms with Gasteiger partial charge in [-0.2, -0.15) is 0 Å². The summed E-state index contributed by atoms with van der Waals surface area (Å²) in [5.74, 6) is 0.819. The Kier molecular flexibility index (Phi) is 6.73. The minimum absolute atomic E-state index is 0.0169. The smallest absolute Gasteiger partial charge is 0.348 e. The molecule has 2 unspecified atom stereocenters. The van der Waals surface area contributed by atoms with E-state index in [2.05, 4.69) is 5.32 Å². The molecule has 1 aliphatic rings. The monoisotopic (exact) mass is 291 g/mol. The first-order valence-electron chi connectivity index (χ1n) is 6.58. The maximum Gasteiger partial charge on any atom is 0.348 e. The van der Waals surface area contributed by atoms with E-state index in [0.717, 1.165) is 31.6 Å². The number of unbranched alkanes of at least 4 members (excludes halogenated alkanes) is 1. The van der Waals surface area contributed by atoms with Crippen LogP contribution in [-0.4, -0.2) is 54.5 Å². The van der Waals surface area contributed by atoms with E-state index in [9.17, 15) is 9.67 Å². The van der Waals surface area contributed by atoms with Gasteiger partial charge in [-0.25, -0.2) is 0 Å². The van der Waals surface area contributed by atoms with Crippen LogP contribution in [0.1, 0.15) is 19.3 Å². The van der Waals surface area contributed by atoms with Crippen molar-refractivity contribution >= 4 is 15.4 Å². The molecule has 1 rings (SSSR count). The zero-order valence-electron chi connectivity index (χ0n) is 11.4. The van der Waals surface area contributed by atoms with Crippen molar-refractivity contribution < 1.29 is 24.2 Å². The van der Waals surface area contributed by atoms with Crippen LogP contribution in [0.3, 0.4) is 0 Å². The molecule has 6 nitrogen and oxygen atoms in total. The van der Waals surface area contributed by atoms with Gasteiger partial charge >= 0.3 is 7.60 Å². The van der Waals surface area contributed by atoms with Crippen LogP contribution in [0.5, 0.6) is 0 Å². The number of hydrogen-bond donors (Lipinski definition) is 4. The second kappa shape index (κ2) is 7.57. The zero-order chi connectivity index (χ0) is 14.5. The quantitative estimate of drug-likeness (QED) is 0.284. The van der Waals surface area contributed by atoms with Gasteiger partial charge in [-0.15, -0.1) is 0 Å². The molecule has 4 N–H and O–H groups in total. The molecule has 0 amide bonds. The molecular weight excluding hydrogens is 268 g/mol. The van der Waals surface area contributed by atoms with Crippen LogP contribution < -0.4 is 5.32 Å². The molecule has 1 aliphatic heterocycles. The van der Waals surface area contributed by atoms with Gasteiger partial charge < -0.3 is 24.9 Å². The molecule has 0 spiro atoms. The summed E-state index contributed by atoms with van der Waals surface area (Å²) in [6.07, 6.45) is 2.82. The van der Waals surface area contributed by atoms with Crippen molar-refractivity contribution in [1.82, 2.24) is 5.32 Å². The Bertz CT molecular complexity index is 348. The van der Waals surface area contributed by atoms with Gasteiger partial charge in [0.25, 0.3) is 0 Å². The first-order valence-corrected chi connectivity index (χ1v) is 8.26. The minimum atomic E-state index is -4.19. The molecule has 0 radical (unpaired) electrons. The zero-order valence-corrected chi connectivity index (χ0v) is 12.3. The van der Waals surface area contributed by atoms with E-state index < -0.39 is 19.8 Å². The Labute approximate surface area is 114 Å². The Morgan fingerprint density at radius 3 is 2.68 bits per heavy atom. The van der Waals surface area contributed by atoms with Crippen molar-refractivity contribution in [2.24, 2.45) is 5.92 Å². The molecule has 0 aromatic heterocycles. The number of nitrogens with one attached hydrogen (secondary N) is 1. The molecular formula is C11H23BNO5P. The predicted molar refractivity (Wildman–Crippen MR) is 75.7 cm³/mol. The van der Waals surface area contributed by atoms with E-state index >= 15 is 0 Å². The second-order valence-electron chi connectivity index (χ2n) is 4.99. The number of hydrogen-bond acceptors (Lipinski definition) is 4. The normalized spacial score (nSPS) is 32.2. The summed E-state index contributed by atoms with van der Waals surface area (Å²) in [7, 11) is -0.406. The highest BCUT2D eigenvalue weighted by Gasteiger charge is 2.39. The number of aliphatic hydroxyl groups is 1. The highest BCUT2D eigenvalue weighted by molar-refractivity contribution is 7.55. The first-order chi connectivity index (χ1) is 8.85. The third-order valence-electron chi connectivity index (χ3n) is 3.43. The van der Waals surface area contributed by atoms with Crippen LogP contribution in [0, 0.1) is 5.92 Å². The lowest BCUT2D eigenvalue weighted by Gasteiger charge is -2.17. The van der Waals surface area contributed by atoms with Gasteiger partial charge in [0, 0.05) is 17.7 Å². The Hall–Kier alpha value is -0.165. The van der Waals surface area contributed by atoms with Crippen LogP contribution >= 0.6 is 7.60 Å². The number of aliphatic hydroxyl groups excluding tert-OH is 1. The highest BCUT2D eigenvalue weighted by atomic mass is 31.2. The summed E-state index contributed by atoms with van der Waals surface area (Å²) >= 11 is 0. The molecule has 1 heterocycles. The SMILES string of the molecule is B[C@@H]1O[C@H](/C=C/P(=O)(O)O)C(O)C1CCCCNC. The largest absolute Gasteiger partial charge is 0.390 e. The summed E-state index contributed by atoms with van der Waals surface area (Å²) in [5.41, 5.74) is 0. The Balaban J connectivity index is 2.48. The number of rotatable bonds is 7. The maximum atomic E-state index is 10.8. The standard InChI is InChI=1S/C11H23BNO5P/c1-13-6-3-2-4-8-10(14)9(18-11(8)12)5-7-19(15,16)17/h5,7-11,13-14H,2-4,6,12H2,1H3,(H2,15,16,17)/b7-5+/t8?,9-,10?,11-/m1/s1. The van der Waals surface area contributed by atoms with Crippen molar-refractivity contribution in [3.63, 3.8) is 0 Å². The molecule has 0 aromatic rings. The average Bonchev–Trinajstić information content (AvgIpc) is 2.58. The molecule has 8 heteroatoms. The fraction of sp³-hybridized carbons (Fsp3) is 0.818. The van der Waals surface area contributed by atoms with Crippen LogP contribution in [0.15, 0.2) is 11.9 Å². The van der Waals surface area contributed by atoms with Crippen molar-refractivity contribution in [2.45, 2.75) is 37.5 Å². The van der Waals surface area contributed by atoms with Crippen molar-refractivity contribution in [3.8, 4) is 0 Å². The summed E-state index contributed by atoms with van der Waals surface area (Å²) in [5, 5.41) is 13.2. The summed E-state index contributed by atoms with van der Waals surface area (Å²) in [6, 6.07) is -0.101. The molecule has 0 aliphatic carbocycles. The third-order valence-corrected chi connectivity index (χ3v) is 3.99. The van der Waals surface area contributed by atoms with Gasteiger partial charge in [-0.1, -0.05) is 6.42 Å². The minimum Gasteiger partial charge on any atom is -0.390 e. The van der Waals surface area contributed by atoms with E-state index in [1.165, 1.54) is 6.08 Å².